The number of nitrogens with one attached hydrogen (secondary N) is 1. The van der Waals surface area contributed by atoms with Crippen molar-refractivity contribution in [1.29, 1.82) is 0 Å². The average Bonchev–Trinajstić information content (AvgIpc) is 3.26. The Kier molecular flexibility index (Phi) is 4.17. The van der Waals surface area contributed by atoms with Gasteiger partial charge in [0.15, 0.2) is 5.82 Å². The van der Waals surface area contributed by atoms with Crippen molar-refractivity contribution in [3.8, 4) is 5.75 Å². The molecule has 1 aliphatic heterocycles. The SMILES string of the molecule is COc1ccc2[nH]cc(C3CCN([C@@H](C)c4nnnn4C)CC3)c2c1. The lowest BCUT2D eigenvalue weighted by molar-refractivity contribution is 0.154. The third-order valence-corrected chi connectivity index (χ3v) is 5.46. The number of benzene rings is 1. The van der Waals surface area contributed by atoms with Gasteiger partial charge in [-0.2, -0.15) is 0 Å². The van der Waals surface area contributed by atoms with Gasteiger partial charge in [-0.05, 0) is 73.0 Å². The van der Waals surface area contributed by atoms with Crippen LogP contribution in [0.25, 0.3) is 10.9 Å². The highest BCUT2D eigenvalue weighted by atomic mass is 16.5. The van der Waals surface area contributed by atoms with Gasteiger partial charge < -0.3 is 9.72 Å². The molecule has 4 rings (SSSR count). The molecule has 3 heterocycles. The summed E-state index contributed by atoms with van der Waals surface area (Å²) < 4.78 is 7.16. The Hall–Kier alpha value is -2.41. The molecular formula is C18H24N6O. The summed E-state index contributed by atoms with van der Waals surface area (Å²) in [6.07, 6.45) is 4.44. The maximum Gasteiger partial charge on any atom is 0.167 e. The number of aryl methyl sites for hydroxylation is 1. The number of aromatic nitrogens is 5. The summed E-state index contributed by atoms with van der Waals surface area (Å²) in [5.74, 6) is 2.41. The molecule has 1 N–H and O–H groups in total. The van der Waals surface area contributed by atoms with E-state index >= 15 is 0 Å². The number of likely N-dealkylation sites (tertiary alicyclic amines) is 1. The van der Waals surface area contributed by atoms with Crippen LogP contribution in [-0.2, 0) is 7.05 Å². The number of rotatable bonds is 4. The average molecular weight is 340 g/mol. The van der Waals surface area contributed by atoms with E-state index in [0.717, 1.165) is 37.5 Å². The Labute approximate surface area is 147 Å². The van der Waals surface area contributed by atoms with Crippen LogP contribution in [0, 0.1) is 0 Å². The van der Waals surface area contributed by atoms with Gasteiger partial charge in [0.2, 0.25) is 0 Å². The Morgan fingerprint density at radius 3 is 2.76 bits per heavy atom. The summed E-state index contributed by atoms with van der Waals surface area (Å²) >= 11 is 0. The van der Waals surface area contributed by atoms with E-state index in [-0.39, 0.29) is 6.04 Å². The maximum absolute atomic E-state index is 5.39. The third-order valence-electron chi connectivity index (χ3n) is 5.46. The molecule has 3 aromatic rings. The van der Waals surface area contributed by atoms with Crippen LogP contribution in [0.3, 0.4) is 0 Å². The molecule has 2 aromatic heterocycles. The molecule has 0 aliphatic carbocycles. The summed E-state index contributed by atoms with van der Waals surface area (Å²) in [5.41, 5.74) is 2.58. The van der Waals surface area contributed by atoms with E-state index in [4.69, 9.17) is 4.74 Å². The number of methoxy groups -OCH3 is 1. The number of H-pyrrole nitrogens is 1. The normalized spacial score (nSPS) is 17.9. The number of tetrazole rings is 1. The molecule has 1 aliphatic rings. The monoisotopic (exact) mass is 340 g/mol. The number of nitrogens with zero attached hydrogens (tertiary/aromatic N) is 5. The Balaban J connectivity index is 1.50. The minimum absolute atomic E-state index is 0.240. The first-order valence-electron chi connectivity index (χ1n) is 8.78. The molecule has 0 radical (unpaired) electrons. The predicted octanol–water partition coefficient (Wildman–Crippen LogP) is 2.64. The lowest BCUT2D eigenvalue weighted by Crippen LogP contribution is -2.36. The van der Waals surface area contributed by atoms with Crippen molar-refractivity contribution in [3.05, 3.63) is 35.8 Å². The van der Waals surface area contributed by atoms with Crippen LogP contribution in [0.1, 0.15) is 43.1 Å². The standard InChI is InChI=1S/C18H24N6O/c1-12(18-20-21-22-23(18)2)24-8-6-13(7-9-24)16-11-19-17-5-4-14(25-3)10-15(16)17/h4-5,10-13,19H,6-9H2,1-3H3/t12-/m0/s1. The topological polar surface area (TPSA) is 71.9 Å². The van der Waals surface area contributed by atoms with Crippen molar-refractivity contribution in [3.63, 3.8) is 0 Å². The lowest BCUT2D eigenvalue weighted by atomic mass is 9.88. The van der Waals surface area contributed by atoms with Crippen molar-refractivity contribution in [1.82, 2.24) is 30.1 Å². The van der Waals surface area contributed by atoms with E-state index in [1.54, 1.807) is 11.8 Å². The second-order valence-electron chi connectivity index (χ2n) is 6.80. The number of hydrogen-bond donors (Lipinski definition) is 1. The van der Waals surface area contributed by atoms with E-state index in [9.17, 15) is 0 Å². The van der Waals surface area contributed by atoms with Crippen molar-refractivity contribution < 1.29 is 4.74 Å². The van der Waals surface area contributed by atoms with Gasteiger partial charge in [-0.1, -0.05) is 0 Å². The number of piperidine rings is 1. The molecule has 7 heteroatoms. The van der Waals surface area contributed by atoms with E-state index in [2.05, 4.69) is 50.7 Å². The van der Waals surface area contributed by atoms with Gasteiger partial charge in [-0.25, -0.2) is 4.68 Å². The molecule has 1 aromatic carbocycles. The van der Waals surface area contributed by atoms with Crippen LogP contribution in [0.2, 0.25) is 0 Å². The minimum Gasteiger partial charge on any atom is -0.497 e. The minimum atomic E-state index is 0.240. The predicted molar refractivity (Wildman–Crippen MR) is 95.6 cm³/mol. The first-order valence-corrected chi connectivity index (χ1v) is 8.78. The molecule has 0 bridgehead atoms. The zero-order valence-electron chi connectivity index (χ0n) is 14.9. The third kappa shape index (κ3) is 2.89. The molecule has 1 saturated heterocycles. The van der Waals surface area contributed by atoms with Gasteiger partial charge in [0.05, 0.1) is 13.2 Å². The molecule has 132 valence electrons. The summed E-state index contributed by atoms with van der Waals surface area (Å²) in [6, 6.07) is 6.48. The number of aromatic amines is 1. The molecular weight excluding hydrogens is 316 g/mol. The number of hydrogen-bond acceptors (Lipinski definition) is 5. The van der Waals surface area contributed by atoms with Crippen LogP contribution in [0.4, 0.5) is 0 Å². The number of fused-ring (bicyclic) bond motifs is 1. The molecule has 1 atom stereocenters. The largest absolute Gasteiger partial charge is 0.497 e. The molecule has 0 unspecified atom stereocenters. The van der Waals surface area contributed by atoms with Crippen LogP contribution in [-0.4, -0.2) is 50.3 Å². The highest BCUT2D eigenvalue weighted by Crippen LogP contribution is 2.36. The van der Waals surface area contributed by atoms with E-state index in [1.165, 1.54) is 16.5 Å². The Morgan fingerprint density at radius 2 is 2.08 bits per heavy atom. The molecule has 0 amide bonds. The highest BCUT2D eigenvalue weighted by molar-refractivity contribution is 5.85. The zero-order chi connectivity index (χ0) is 17.4. The van der Waals surface area contributed by atoms with Crippen LogP contribution in [0.15, 0.2) is 24.4 Å². The summed E-state index contributed by atoms with van der Waals surface area (Å²) in [6.45, 7) is 4.28. The van der Waals surface area contributed by atoms with Gasteiger partial charge in [0, 0.05) is 24.1 Å². The zero-order valence-corrected chi connectivity index (χ0v) is 14.9. The first kappa shape index (κ1) is 16.1. The molecule has 0 saturated carbocycles. The molecule has 0 spiro atoms. The van der Waals surface area contributed by atoms with Crippen LogP contribution < -0.4 is 4.74 Å². The van der Waals surface area contributed by atoms with Gasteiger partial charge in [0.25, 0.3) is 0 Å². The van der Waals surface area contributed by atoms with E-state index in [0.29, 0.717) is 5.92 Å². The second kappa shape index (κ2) is 6.48. The summed E-state index contributed by atoms with van der Waals surface area (Å²) in [7, 11) is 3.62. The van der Waals surface area contributed by atoms with Crippen LogP contribution in [0.5, 0.6) is 5.75 Å². The fraction of sp³-hybridized carbons (Fsp3) is 0.500. The smallest absolute Gasteiger partial charge is 0.167 e. The molecule has 25 heavy (non-hydrogen) atoms. The molecule has 1 fully saturated rings. The fourth-order valence-corrected chi connectivity index (χ4v) is 3.94. The fourth-order valence-electron chi connectivity index (χ4n) is 3.94. The number of ether oxygens (including phenoxy) is 1. The van der Waals surface area contributed by atoms with E-state index in [1.807, 2.05) is 13.1 Å². The van der Waals surface area contributed by atoms with Gasteiger partial charge >= 0.3 is 0 Å². The van der Waals surface area contributed by atoms with Gasteiger partial charge in [-0.3, -0.25) is 4.90 Å². The van der Waals surface area contributed by atoms with Crippen molar-refractivity contribution >= 4 is 10.9 Å². The highest BCUT2D eigenvalue weighted by Gasteiger charge is 2.28. The van der Waals surface area contributed by atoms with E-state index < -0.39 is 0 Å². The van der Waals surface area contributed by atoms with Crippen molar-refractivity contribution in [2.45, 2.75) is 31.7 Å². The first-order chi connectivity index (χ1) is 12.2. The maximum atomic E-state index is 5.39. The Morgan fingerprint density at radius 1 is 1.28 bits per heavy atom. The second-order valence-corrected chi connectivity index (χ2v) is 6.80. The summed E-state index contributed by atoms with van der Waals surface area (Å²) in [5, 5.41) is 13.2. The van der Waals surface area contributed by atoms with Gasteiger partial charge in [0.1, 0.15) is 5.75 Å². The van der Waals surface area contributed by atoms with Crippen molar-refractivity contribution in [2.75, 3.05) is 20.2 Å². The van der Waals surface area contributed by atoms with Gasteiger partial charge in [-0.15, -0.1) is 5.10 Å². The summed E-state index contributed by atoms with van der Waals surface area (Å²) in [4.78, 5) is 5.87. The van der Waals surface area contributed by atoms with Crippen LogP contribution >= 0.6 is 0 Å². The Bertz CT molecular complexity index is 861. The quantitative estimate of drug-likeness (QED) is 0.790. The molecule has 7 nitrogen and oxygen atoms in total. The lowest BCUT2D eigenvalue weighted by Gasteiger charge is -2.35. The van der Waals surface area contributed by atoms with Crippen molar-refractivity contribution in [2.24, 2.45) is 7.05 Å².